The summed E-state index contributed by atoms with van der Waals surface area (Å²) in [5.41, 5.74) is 2.14. The molecular formula is C20H27N3O3. The highest BCUT2D eigenvalue weighted by molar-refractivity contribution is 5.92. The minimum Gasteiger partial charge on any atom is -0.493 e. The average molecular weight is 357 g/mol. The Hall–Kier alpha value is -2.76. The van der Waals surface area contributed by atoms with Crippen LogP contribution in [0.5, 0.6) is 11.5 Å². The van der Waals surface area contributed by atoms with Crippen molar-refractivity contribution < 1.29 is 14.3 Å². The molecule has 1 heterocycles. The van der Waals surface area contributed by atoms with E-state index in [1.54, 1.807) is 26.5 Å². The Morgan fingerprint density at radius 1 is 1.08 bits per heavy atom. The lowest BCUT2D eigenvalue weighted by atomic mass is 10.1. The van der Waals surface area contributed by atoms with Crippen molar-refractivity contribution >= 4 is 11.6 Å². The number of carbonyl (C=O) groups is 1. The van der Waals surface area contributed by atoms with Gasteiger partial charge in [0.1, 0.15) is 5.69 Å². The van der Waals surface area contributed by atoms with E-state index < -0.39 is 0 Å². The van der Waals surface area contributed by atoms with Crippen molar-refractivity contribution in [2.45, 2.75) is 32.7 Å². The summed E-state index contributed by atoms with van der Waals surface area (Å²) in [5.74, 6) is 1.27. The highest BCUT2D eigenvalue weighted by Gasteiger charge is 2.16. The predicted octanol–water partition coefficient (Wildman–Crippen LogP) is 3.28. The molecule has 0 aliphatic rings. The van der Waals surface area contributed by atoms with Crippen LogP contribution >= 0.6 is 0 Å². The lowest BCUT2D eigenvalue weighted by Gasteiger charge is -2.20. The lowest BCUT2D eigenvalue weighted by Crippen LogP contribution is -2.40. The number of ether oxygens (including phenoxy) is 2. The van der Waals surface area contributed by atoms with Gasteiger partial charge in [-0.15, -0.1) is 0 Å². The monoisotopic (exact) mass is 357 g/mol. The van der Waals surface area contributed by atoms with E-state index in [0.717, 1.165) is 35.7 Å². The SMILES string of the molecule is COc1ccc(CCNc2ccc(C(=O)NC(C)(C)C)nc2)cc1OC. The maximum atomic E-state index is 12.1. The molecule has 26 heavy (non-hydrogen) atoms. The number of rotatable bonds is 7. The summed E-state index contributed by atoms with van der Waals surface area (Å²) in [6.45, 7) is 6.56. The molecule has 0 unspecified atom stereocenters. The third-order valence-corrected chi connectivity index (χ3v) is 3.68. The Balaban J connectivity index is 1.89. The second-order valence-corrected chi connectivity index (χ2v) is 7.00. The summed E-state index contributed by atoms with van der Waals surface area (Å²) < 4.78 is 10.6. The van der Waals surface area contributed by atoms with Crippen molar-refractivity contribution in [3.05, 3.63) is 47.8 Å². The van der Waals surface area contributed by atoms with Gasteiger partial charge in [-0.2, -0.15) is 0 Å². The third-order valence-electron chi connectivity index (χ3n) is 3.68. The van der Waals surface area contributed by atoms with Crippen molar-refractivity contribution in [1.82, 2.24) is 10.3 Å². The van der Waals surface area contributed by atoms with Gasteiger partial charge in [0.2, 0.25) is 0 Å². The smallest absolute Gasteiger partial charge is 0.270 e. The van der Waals surface area contributed by atoms with E-state index in [4.69, 9.17) is 9.47 Å². The molecule has 0 saturated carbocycles. The second kappa shape index (κ2) is 8.56. The fourth-order valence-corrected chi connectivity index (χ4v) is 2.42. The summed E-state index contributed by atoms with van der Waals surface area (Å²) >= 11 is 0. The van der Waals surface area contributed by atoms with Crippen molar-refractivity contribution in [3.8, 4) is 11.5 Å². The van der Waals surface area contributed by atoms with Crippen LogP contribution in [0.25, 0.3) is 0 Å². The first-order valence-electron chi connectivity index (χ1n) is 8.56. The standard InChI is InChI=1S/C20H27N3O3/c1-20(2,3)23-19(24)16-8-7-15(13-22-16)21-11-10-14-6-9-17(25-4)18(12-14)26-5/h6-9,12-13,21H,10-11H2,1-5H3,(H,23,24). The van der Waals surface area contributed by atoms with Gasteiger partial charge in [0.05, 0.1) is 26.1 Å². The summed E-state index contributed by atoms with van der Waals surface area (Å²) in [5, 5.41) is 6.20. The molecule has 6 heteroatoms. The highest BCUT2D eigenvalue weighted by Crippen LogP contribution is 2.27. The Bertz CT molecular complexity index is 737. The van der Waals surface area contributed by atoms with Crippen LogP contribution < -0.4 is 20.1 Å². The van der Waals surface area contributed by atoms with Crippen molar-refractivity contribution in [1.29, 1.82) is 0 Å². The quantitative estimate of drug-likeness (QED) is 0.796. The van der Waals surface area contributed by atoms with Gasteiger partial charge < -0.3 is 20.1 Å². The fourth-order valence-electron chi connectivity index (χ4n) is 2.42. The van der Waals surface area contributed by atoms with Crippen LogP contribution in [0.2, 0.25) is 0 Å². The number of carbonyl (C=O) groups excluding carboxylic acids is 1. The Kier molecular flexibility index (Phi) is 6.44. The molecule has 0 radical (unpaired) electrons. The topological polar surface area (TPSA) is 72.5 Å². The zero-order valence-electron chi connectivity index (χ0n) is 16.1. The maximum Gasteiger partial charge on any atom is 0.270 e. The molecule has 0 atom stereocenters. The number of nitrogens with zero attached hydrogens (tertiary/aromatic N) is 1. The van der Waals surface area contributed by atoms with Crippen molar-refractivity contribution in [2.24, 2.45) is 0 Å². The fraction of sp³-hybridized carbons (Fsp3) is 0.400. The molecule has 0 aliphatic carbocycles. The number of nitrogens with one attached hydrogen (secondary N) is 2. The molecular weight excluding hydrogens is 330 g/mol. The van der Waals surface area contributed by atoms with Gasteiger partial charge in [-0.1, -0.05) is 6.07 Å². The zero-order valence-corrected chi connectivity index (χ0v) is 16.1. The van der Waals surface area contributed by atoms with Crippen LogP contribution in [0.15, 0.2) is 36.5 Å². The van der Waals surface area contributed by atoms with E-state index >= 15 is 0 Å². The molecule has 2 rings (SSSR count). The van der Waals surface area contributed by atoms with Gasteiger partial charge in [0.25, 0.3) is 5.91 Å². The Morgan fingerprint density at radius 3 is 2.38 bits per heavy atom. The molecule has 140 valence electrons. The van der Waals surface area contributed by atoms with Crippen LogP contribution in [0.1, 0.15) is 36.8 Å². The van der Waals surface area contributed by atoms with Gasteiger partial charge in [-0.3, -0.25) is 4.79 Å². The molecule has 6 nitrogen and oxygen atoms in total. The van der Waals surface area contributed by atoms with Crippen LogP contribution in [-0.2, 0) is 6.42 Å². The van der Waals surface area contributed by atoms with E-state index in [0.29, 0.717) is 5.69 Å². The first kappa shape index (κ1) is 19.6. The number of methoxy groups -OCH3 is 2. The van der Waals surface area contributed by atoms with E-state index in [1.807, 2.05) is 45.0 Å². The average Bonchev–Trinajstić information content (AvgIpc) is 2.60. The molecule has 1 aromatic heterocycles. The Morgan fingerprint density at radius 2 is 1.81 bits per heavy atom. The number of hydrogen-bond acceptors (Lipinski definition) is 5. The van der Waals surface area contributed by atoms with E-state index in [1.165, 1.54) is 0 Å². The molecule has 0 aliphatic heterocycles. The van der Waals surface area contributed by atoms with Gasteiger partial charge in [-0.25, -0.2) is 4.98 Å². The normalized spacial score (nSPS) is 11.0. The van der Waals surface area contributed by atoms with Gasteiger partial charge in [0.15, 0.2) is 11.5 Å². The Labute approximate surface area is 154 Å². The molecule has 1 amide bonds. The first-order valence-corrected chi connectivity index (χ1v) is 8.56. The number of anilines is 1. The van der Waals surface area contributed by atoms with Gasteiger partial charge >= 0.3 is 0 Å². The third kappa shape index (κ3) is 5.65. The summed E-state index contributed by atoms with van der Waals surface area (Å²) in [6, 6.07) is 9.47. The molecule has 0 saturated heterocycles. The molecule has 2 N–H and O–H groups in total. The minimum atomic E-state index is -0.283. The van der Waals surface area contributed by atoms with E-state index in [9.17, 15) is 4.79 Å². The van der Waals surface area contributed by atoms with Crippen LogP contribution in [-0.4, -0.2) is 37.2 Å². The van der Waals surface area contributed by atoms with Crippen LogP contribution in [0.3, 0.4) is 0 Å². The summed E-state index contributed by atoms with van der Waals surface area (Å²) in [7, 11) is 3.25. The number of pyridine rings is 1. The summed E-state index contributed by atoms with van der Waals surface area (Å²) in [4.78, 5) is 16.3. The maximum absolute atomic E-state index is 12.1. The number of amides is 1. The molecule has 2 aromatic rings. The molecule has 0 bridgehead atoms. The molecule has 0 spiro atoms. The number of benzene rings is 1. The highest BCUT2D eigenvalue weighted by atomic mass is 16.5. The van der Waals surface area contributed by atoms with Gasteiger partial charge in [0, 0.05) is 12.1 Å². The second-order valence-electron chi connectivity index (χ2n) is 7.00. The largest absolute Gasteiger partial charge is 0.493 e. The first-order chi connectivity index (χ1) is 12.3. The van der Waals surface area contributed by atoms with Crippen molar-refractivity contribution in [3.63, 3.8) is 0 Å². The lowest BCUT2D eigenvalue weighted by molar-refractivity contribution is 0.0914. The van der Waals surface area contributed by atoms with Gasteiger partial charge in [-0.05, 0) is 57.0 Å². The minimum absolute atomic E-state index is 0.172. The van der Waals surface area contributed by atoms with Crippen molar-refractivity contribution in [2.75, 3.05) is 26.1 Å². The number of aromatic nitrogens is 1. The van der Waals surface area contributed by atoms with Crippen LogP contribution in [0.4, 0.5) is 5.69 Å². The van der Waals surface area contributed by atoms with E-state index in [-0.39, 0.29) is 11.4 Å². The zero-order chi connectivity index (χ0) is 19.2. The van der Waals surface area contributed by atoms with Crippen LogP contribution in [0, 0.1) is 0 Å². The predicted molar refractivity (Wildman–Crippen MR) is 103 cm³/mol. The summed E-state index contributed by atoms with van der Waals surface area (Å²) in [6.07, 6.45) is 2.50. The number of hydrogen-bond donors (Lipinski definition) is 2. The molecule has 1 aromatic carbocycles. The van der Waals surface area contributed by atoms with E-state index in [2.05, 4.69) is 15.6 Å². The molecule has 0 fully saturated rings.